The lowest BCUT2D eigenvalue weighted by Crippen LogP contribution is -2.56. The number of ether oxygens (including phenoxy) is 2. The molecule has 0 spiro atoms. The Balaban J connectivity index is 1.69. The molecule has 1 aliphatic heterocycles. The number of hydrogen-bond acceptors (Lipinski definition) is 7. The monoisotopic (exact) mass is 529 g/mol. The predicted molar refractivity (Wildman–Crippen MR) is 118 cm³/mol. The van der Waals surface area contributed by atoms with Gasteiger partial charge in [0.1, 0.15) is 12.4 Å². The molecule has 4 rings (SSSR count). The van der Waals surface area contributed by atoms with E-state index >= 15 is 0 Å². The van der Waals surface area contributed by atoms with E-state index in [1.165, 1.54) is 6.07 Å². The average molecular weight is 530 g/mol. The molecule has 0 aromatic heterocycles. The van der Waals surface area contributed by atoms with Crippen molar-refractivity contribution in [3.8, 4) is 0 Å². The molecule has 0 fully saturated rings. The minimum Gasteiger partial charge on any atom is -0.479 e. The third-order valence-electron chi connectivity index (χ3n) is 5.24. The number of methoxy groups -OCH3 is 1. The first-order valence-corrected chi connectivity index (χ1v) is 11.0. The number of rotatable bonds is 3. The van der Waals surface area contributed by atoms with E-state index in [9.17, 15) is 32.7 Å². The van der Waals surface area contributed by atoms with Gasteiger partial charge in [-0.1, -0.05) is 17.7 Å². The Hall–Kier alpha value is -3.29. The Morgan fingerprint density at radius 2 is 1.91 bits per heavy atom. The van der Waals surface area contributed by atoms with Crippen molar-refractivity contribution in [2.24, 2.45) is 5.10 Å². The molecule has 0 saturated carbocycles. The molecule has 9 nitrogen and oxygen atoms in total. The zero-order chi connectivity index (χ0) is 25.5. The number of urea groups is 1. The van der Waals surface area contributed by atoms with E-state index in [1.807, 2.05) is 0 Å². The molecule has 2 aromatic carbocycles. The number of anilines is 1. The van der Waals surface area contributed by atoms with Gasteiger partial charge in [0.05, 0.1) is 12.8 Å². The van der Waals surface area contributed by atoms with Crippen molar-refractivity contribution in [2.45, 2.75) is 22.4 Å². The van der Waals surface area contributed by atoms with E-state index in [-0.39, 0.29) is 34.5 Å². The number of alkyl halides is 3. The summed E-state index contributed by atoms with van der Waals surface area (Å²) in [5, 5.41) is 15.2. The van der Waals surface area contributed by atoms with Crippen molar-refractivity contribution in [1.82, 2.24) is 5.01 Å². The Morgan fingerprint density at radius 3 is 2.51 bits per heavy atom. The smallest absolute Gasteiger partial charge is 0.446 e. The Labute approximate surface area is 205 Å². The number of hydrazone groups is 1. The zero-order valence-electron chi connectivity index (χ0n) is 17.7. The summed E-state index contributed by atoms with van der Waals surface area (Å²) in [5.41, 5.74) is -5.56. The number of fused-ring (bicyclic) bond motifs is 3. The lowest BCUT2D eigenvalue weighted by molar-refractivity contribution is -0.161. The van der Waals surface area contributed by atoms with Crippen LogP contribution >= 0.6 is 23.4 Å². The summed E-state index contributed by atoms with van der Waals surface area (Å²) >= 11 is 5.66. The number of halogens is 4. The maximum Gasteiger partial charge on any atom is 0.446 e. The van der Waals surface area contributed by atoms with E-state index in [0.717, 1.165) is 36.4 Å². The third kappa shape index (κ3) is 4.66. The van der Waals surface area contributed by atoms with Crippen LogP contribution in [0.25, 0.3) is 0 Å². The number of amides is 3. The summed E-state index contributed by atoms with van der Waals surface area (Å²) in [4.78, 5) is 38.2. The van der Waals surface area contributed by atoms with E-state index in [0.29, 0.717) is 21.0 Å². The molecular formula is C21H15ClF3N3O6S. The van der Waals surface area contributed by atoms with Crippen LogP contribution in [0.1, 0.15) is 11.1 Å². The molecule has 2 aromatic rings. The van der Waals surface area contributed by atoms with Gasteiger partial charge in [-0.05, 0) is 53.7 Å². The summed E-state index contributed by atoms with van der Waals surface area (Å²) < 4.78 is 48.1. The second kappa shape index (κ2) is 9.06. The minimum absolute atomic E-state index is 0.0574. The molecule has 0 radical (unpaired) electrons. The first kappa shape index (κ1) is 24.8. The number of aliphatic carboxylic acids is 1. The summed E-state index contributed by atoms with van der Waals surface area (Å²) in [6.45, 7) is -0.619. The molecule has 35 heavy (non-hydrogen) atoms. The highest BCUT2D eigenvalue weighted by Crippen LogP contribution is 2.39. The molecule has 184 valence electrons. The molecule has 0 saturated heterocycles. The summed E-state index contributed by atoms with van der Waals surface area (Å²) in [7, 11) is 1.02. The van der Waals surface area contributed by atoms with Crippen LogP contribution < -0.4 is 4.90 Å². The molecule has 2 aliphatic rings. The highest BCUT2D eigenvalue weighted by molar-refractivity contribution is 8.00. The van der Waals surface area contributed by atoms with Crippen LogP contribution in [0.15, 0.2) is 52.5 Å². The summed E-state index contributed by atoms with van der Waals surface area (Å²) in [6.07, 6.45) is -1.21. The van der Waals surface area contributed by atoms with E-state index in [4.69, 9.17) is 16.3 Å². The predicted octanol–water partition coefficient (Wildman–Crippen LogP) is 4.72. The first-order chi connectivity index (χ1) is 16.4. The number of benzene rings is 2. The molecule has 0 unspecified atom stereocenters. The molecule has 3 amide bonds. The standard InChI is InChI=1S/C21H15ClF3N3O6S/c1-33-19(32)28(13-3-5-14(6-4-13)35-21(23,24)25)18(31)27-10-34-20(17(29)30)9-11-8-12(22)2-7-15(11)16(20)26-27/h2-8H,9-10H2,1H3,(H,29,30)/t20-/m0/s1. The minimum atomic E-state index is -4.51. The van der Waals surface area contributed by atoms with Gasteiger partial charge in [0, 0.05) is 21.9 Å². The van der Waals surface area contributed by atoms with Gasteiger partial charge in [-0.2, -0.15) is 28.2 Å². The molecular weight excluding hydrogens is 515 g/mol. The van der Waals surface area contributed by atoms with Gasteiger partial charge in [-0.25, -0.2) is 14.4 Å². The van der Waals surface area contributed by atoms with Crippen molar-refractivity contribution in [3.05, 3.63) is 58.6 Å². The lowest BCUT2D eigenvalue weighted by atomic mass is 9.98. The fourth-order valence-electron chi connectivity index (χ4n) is 3.72. The van der Waals surface area contributed by atoms with Crippen molar-refractivity contribution < 1.29 is 42.1 Å². The summed E-state index contributed by atoms with van der Waals surface area (Å²) in [6, 6.07) is 8.02. The topological polar surface area (TPSA) is 109 Å². The second-order valence-corrected chi connectivity index (χ2v) is 8.94. The zero-order valence-corrected chi connectivity index (χ0v) is 19.3. The number of carboxylic acid groups (broad SMARTS) is 1. The van der Waals surface area contributed by atoms with E-state index in [2.05, 4.69) is 9.84 Å². The van der Waals surface area contributed by atoms with Crippen molar-refractivity contribution in [2.75, 3.05) is 18.7 Å². The van der Waals surface area contributed by atoms with Gasteiger partial charge < -0.3 is 14.6 Å². The highest BCUT2D eigenvalue weighted by Gasteiger charge is 2.54. The largest absolute Gasteiger partial charge is 0.479 e. The van der Waals surface area contributed by atoms with Gasteiger partial charge in [-0.3, -0.25) is 0 Å². The first-order valence-electron chi connectivity index (χ1n) is 9.76. The van der Waals surface area contributed by atoms with Crippen molar-refractivity contribution in [3.63, 3.8) is 0 Å². The number of carbonyl (C=O) groups is 3. The van der Waals surface area contributed by atoms with Gasteiger partial charge >= 0.3 is 23.6 Å². The SMILES string of the molecule is COC(=O)N(C(=O)N1CO[C@@]2(C(=O)O)Cc3cc(Cl)ccc3C2=N1)c1ccc(SC(F)(F)F)cc1. The second-order valence-electron chi connectivity index (χ2n) is 7.36. The van der Waals surface area contributed by atoms with Crippen LogP contribution in [0.5, 0.6) is 0 Å². The normalized spacial score (nSPS) is 18.9. The van der Waals surface area contributed by atoms with Crippen LogP contribution in [-0.2, 0) is 20.7 Å². The maximum atomic E-state index is 13.3. The van der Waals surface area contributed by atoms with E-state index in [1.54, 1.807) is 12.1 Å². The number of thioether (sulfide) groups is 1. The molecule has 1 N–H and O–H groups in total. The van der Waals surface area contributed by atoms with Crippen LogP contribution in [0, 0.1) is 0 Å². The highest BCUT2D eigenvalue weighted by atomic mass is 35.5. The molecule has 1 heterocycles. The van der Waals surface area contributed by atoms with Crippen molar-refractivity contribution in [1.29, 1.82) is 0 Å². The lowest BCUT2D eigenvalue weighted by Gasteiger charge is -2.35. The Morgan fingerprint density at radius 1 is 1.23 bits per heavy atom. The maximum absolute atomic E-state index is 13.3. The number of imide groups is 1. The molecule has 14 heteroatoms. The molecule has 1 aliphatic carbocycles. The number of carbonyl (C=O) groups excluding carboxylic acids is 2. The Bertz CT molecular complexity index is 1240. The summed E-state index contributed by atoms with van der Waals surface area (Å²) in [5.74, 6) is -1.32. The number of nitrogens with zero attached hydrogens (tertiary/aromatic N) is 3. The molecule has 0 bridgehead atoms. The van der Waals surface area contributed by atoms with Crippen molar-refractivity contribution >= 4 is 52.9 Å². The Kier molecular flexibility index (Phi) is 6.42. The molecule has 1 atom stereocenters. The van der Waals surface area contributed by atoms with Crippen LogP contribution in [0.3, 0.4) is 0 Å². The van der Waals surface area contributed by atoms with E-state index < -0.39 is 35.9 Å². The quantitative estimate of drug-likeness (QED) is 0.573. The fourth-order valence-corrected chi connectivity index (χ4v) is 4.45. The third-order valence-corrected chi connectivity index (χ3v) is 6.22. The number of carboxylic acids is 1. The number of hydrogen-bond donors (Lipinski definition) is 1. The van der Waals surface area contributed by atoms with Gasteiger partial charge in [0.2, 0.25) is 5.60 Å². The van der Waals surface area contributed by atoms with Gasteiger partial charge in [0.15, 0.2) is 0 Å². The van der Waals surface area contributed by atoms with Gasteiger partial charge in [-0.15, -0.1) is 0 Å². The fraction of sp³-hybridized carbons (Fsp3) is 0.238. The van der Waals surface area contributed by atoms with Crippen LogP contribution in [0.2, 0.25) is 5.02 Å². The van der Waals surface area contributed by atoms with Crippen LogP contribution in [0.4, 0.5) is 28.4 Å². The average Bonchev–Trinajstić information content (AvgIpc) is 3.13. The van der Waals surface area contributed by atoms with Gasteiger partial charge in [0.25, 0.3) is 0 Å². The van der Waals surface area contributed by atoms with Crippen LogP contribution in [-0.4, -0.2) is 58.9 Å².